The Hall–Kier alpha value is -1.88. The third-order valence-corrected chi connectivity index (χ3v) is 5.22. The lowest BCUT2D eigenvalue weighted by atomic mass is 10.2. The summed E-state index contributed by atoms with van der Waals surface area (Å²) in [5.41, 5.74) is 2.16. The molecule has 0 unspecified atom stereocenters. The predicted octanol–water partition coefficient (Wildman–Crippen LogP) is 5.85. The first kappa shape index (κ1) is 18.5. The summed E-state index contributed by atoms with van der Waals surface area (Å²) in [4.78, 5) is 8.57. The van der Waals surface area contributed by atoms with Crippen molar-refractivity contribution >= 4 is 56.4 Å². The van der Waals surface area contributed by atoms with E-state index in [1.807, 2.05) is 20.1 Å². The molecule has 24 heavy (non-hydrogen) atoms. The molecule has 1 aromatic carbocycles. The largest absolute Gasteiger partial charge is 0.353 e. The molecule has 1 N–H and O–H groups in total. The minimum absolute atomic E-state index is 0.0166. The van der Waals surface area contributed by atoms with Gasteiger partial charge in [0.15, 0.2) is 9.99 Å². The Morgan fingerprint density at radius 1 is 1.38 bits per heavy atom. The molecule has 0 amide bonds. The summed E-state index contributed by atoms with van der Waals surface area (Å²) in [5.74, 6) is -0.491. The monoisotopic (exact) mass is 380 g/mol. The smallest absolute Gasteiger partial charge is 0.173 e. The molecule has 2 heterocycles. The van der Waals surface area contributed by atoms with Gasteiger partial charge in [0.2, 0.25) is 0 Å². The van der Waals surface area contributed by atoms with Crippen molar-refractivity contribution in [3.8, 4) is 6.07 Å². The highest BCUT2D eigenvalue weighted by atomic mass is 35.5. The number of nitrogens with zero attached hydrogens (tertiary/aromatic N) is 3. The zero-order valence-corrected chi connectivity index (χ0v) is 15.6. The van der Waals surface area contributed by atoms with Crippen LogP contribution in [0.15, 0.2) is 28.7 Å². The summed E-state index contributed by atoms with van der Waals surface area (Å²) in [6.45, 7) is 4.00. The van der Waals surface area contributed by atoms with E-state index < -0.39 is 5.82 Å². The van der Waals surface area contributed by atoms with Gasteiger partial charge >= 0.3 is 0 Å². The molecule has 3 aromatic rings. The SMILES string of the molecule is CC.CSc1nc2ncc(C#N)c(Nc3ccc(F)c(Cl)c3)c2s1. The van der Waals surface area contributed by atoms with Crippen LogP contribution in [0.1, 0.15) is 19.4 Å². The van der Waals surface area contributed by atoms with E-state index in [0.717, 1.165) is 9.04 Å². The molecule has 0 saturated heterocycles. The Balaban J connectivity index is 0.00000100. The lowest BCUT2D eigenvalue weighted by molar-refractivity contribution is 0.628. The number of rotatable bonds is 3. The third-order valence-electron chi connectivity index (χ3n) is 2.89. The molecule has 0 atom stereocenters. The molecule has 0 spiro atoms. The quantitative estimate of drug-likeness (QED) is 0.577. The fraction of sp³-hybridized carbons (Fsp3) is 0.188. The molecule has 0 radical (unpaired) electrons. The molecule has 8 heteroatoms. The van der Waals surface area contributed by atoms with E-state index in [4.69, 9.17) is 11.6 Å². The average Bonchev–Trinajstić information content (AvgIpc) is 3.04. The summed E-state index contributed by atoms with van der Waals surface area (Å²) < 4.78 is 14.9. The number of fused-ring (bicyclic) bond motifs is 1. The van der Waals surface area contributed by atoms with Crippen LogP contribution in [0.4, 0.5) is 15.8 Å². The fourth-order valence-corrected chi connectivity index (χ4v) is 3.57. The molecule has 0 fully saturated rings. The van der Waals surface area contributed by atoms with E-state index in [9.17, 15) is 9.65 Å². The first-order chi connectivity index (χ1) is 11.6. The van der Waals surface area contributed by atoms with Crippen LogP contribution in [0.2, 0.25) is 5.02 Å². The second-order valence-electron chi connectivity index (χ2n) is 4.25. The Labute approximate surface area is 152 Å². The van der Waals surface area contributed by atoms with Crippen molar-refractivity contribution in [2.24, 2.45) is 0 Å². The summed E-state index contributed by atoms with van der Waals surface area (Å²) in [6, 6.07) is 6.41. The van der Waals surface area contributed by atoms with Gasteiger partial charge in [-0.05, 0) is 24.5 Å². The zero-order chi connectivity index (χ0) is 17.7. The zero-order valence-electron chi connectivity index (χ0n) is 13.2. The van der Waals surface area contributed by atoms with Crippen molar-refractivity contribution in [2.75, 3.05) is 11.6 Å². The topological polar surface area (TPSA) is 61.6 Å². The van der Waals surface area contributed by atoms with Gasteiger partial charge in [-0.25, -0.2) is 14.4 Å². The molecule has 0 saturated carbocycles. The van der Waals surface area contributed by atoms with Crippen LogP contribution < -0.4 is 5.32 Å². The molecule has 3 rings (SSSR count). The number of anilines is 2. The molecule has 124 valence electrons. The molecular weight excluding hydrogens is 367 g/mol. The number of pyridine rings is 1. The number of hydrogen-bond acceptors (Lipinski definition) is 6. The van der Waals surface area contributed by atoms with Crippen LogP contribution in [-0.4, -0.2) is 16.2 Å². The van der Waals surface area contributed by atoms with Gasteiger partial charge in [-0.2, -0.15) is 5.26 Å². The summed E-state index contributed by atoms with van der Waals surface area (Å²) in [7, 11) is 0. The normalized spacial score (nSPS) is 10.0. The van der Waals surface area contributed by atoms with Crippen molar-refractivity contribution in [3.05, 3.63) is 40.8 Å². The molecular formula is C16H14ClFN4S2. The van der Waals surface area contributed by atoms with E-state index in [0.29, 0.717) is 22.6 Å². The van der Waals surface area contributed by atoms with E-state index in [2.05, 4.69) is 21.4 Å². The van der Waals surface area contributed by atoms with Crippen molar-refractivity contribution in [2.45, 2.75) is 18.2 Å². The van der Waals surface area contributed by atoms with Crippen LogP contribution in [0.25, 0.3) is 10.3 Å². The molecule has 0 aliphatic heterocycles. The molecule has 0 aliphatic carbocycles. The first-order valence-electron chi connectivity index (χ1n) is 7.08. The standard InChI is InChI=1S/C14H8ClFN4S2.C2H6/c1-21-14-20-13-12(22-14)11(7(5-17)6-18-13)19-8-2-3-10(16)9(15)4-8;1-2/h2-4,6H,1H3,(H,18,19);1-2H3. The number of hydrogen-bond donors (Lipinski definition) is 1. The van der Waals surface area contributed by atoms with Crippen LogP contribution in [-0.2, 0) is 0 Å². The molecule has 0 bridgehead atoms. The molecule has 4 nitrogen and oxygen atoms in total. The third kappa shape index (κ3) is 3.78. The summed E-state index contributed by atoms with van der Waals surface area (Å²) in [6.07, 6.45) is 3.40. The van der Waals surface area contributed by atoms with Gasteiger partial charge in [-0.1, -0.05) is 37.2 Å². The molecule has 2 aromatic heterocycles. The number of thioether (sulfide) groups is 1. The summed E-state index contributed by atoms with van der Waals surface area (Å²) in [5, 5.41) is 12.4. The maximum absolute atomic E-state index is 13.3. The Morgan fingerprint density at radius 3 is 2.75 bits per heavy atom. The fourth-order valence-electron chi connectivity index (χ4n) is 1.87. The van der Waals surface area contributed by atoms with Gasteiger partial charge in [-0.15, -0.1) is 11.3 Å². The average molecular weight is 381 g/mol. The minimum Gasteiger partial charge on any atom is -0.353 e. The summed E-state index contributed by atoms with van der Waals surface area (Å²) >= 11 is 8.76. The van der Waals surface area contributed by atoms with Crippen LogP contribution in [0.5, 0.6) is 0 Å². The number of halogens is 2. The van der Waals surface area contributed by atoms with Crippen molar-refractivity contribution in [1.82, 2.24) is 9.97 Å². The molecule has 0 aliphatic rings. The van der Waals surface area contributed by atoms with E-state index in [1.54, 1.807) is 6.07 Å². The number of aromatic nitrogens is 2. The van der Waals surface area contributed by atoms with Crippen LogP contribution in [0.3, 0.4) is 0 Å². The van der Waals surface area contributed by atoms with Crippen LogP contribution >= 0.6 is 34.7 Å². The second-order valence-corrected chi connectivity index (χ2v) is 6.71. The van der Waals surface area contributed by atoms with E-state index >= 15 is 0 Å². The Kier molecular flexibility index (Phi) is 6.37. The maximum Gasteiger partial charge on any atom is 0.173 e. The first-order valence-corrected chi connectivity index (χ1v) is 9.50. The number of nitriles is 1. The van der Waals surface area contributed by atoms with Gasteiger partial charge in [0.05, 0.1) is 21.0 Å². The number of thiazole rings is 1. The maximum atomic E-state index is 13.3. The van der Waals surface area contributed by atoms with Gasteiger partial charge in [0, 0.05) is 11.9 Å². The lowest BCUT2D eigenvalue weighted by Crippen LogP contribution is -1.96. The predicted molar refractivity (Wildman–Crippen MR) is 100.0 cm³/mol. The van der Waals surface area contributed by atoms with Gasteiger partial charge in [-0.3, -0.25) is 0 Å². The number of nitrogens with one attached hydrogen (secondary N) is 1. The van der Waals surface area contributed by atoms with Crippen LogP contribution in [0, 0.1) is 17.1 Å². The van der Waals surface area contributed by atoms with Gasteiger partial charge in [0.25, 0.3) is 0 Å². The highest BCUT2D eigenvalue weighted by Gasteiger charge is 2.14. The van der Waals surface area contributed by atoms with Gasteiger partial charge in [0.1, 0.15) is 11.9 Å². The van der Waals surface area contributed by atoms with Gasteiger partial charge < -0.3 is 5.32 Å². The van der Waals surface area contributed by atoms with Crippen molar-refractivity contribution in [3.63, 3.8) is 0 Å². The van der Waals surface area contributed by atoms with E-state index in [-0.39, 0.29) is 5.02 Å². The second kappa shape index (κ2) is 8.29. The highest BCUT2D eigenvalue weighted by Crippen LogP contribution is 2.36. The van der Waals surface area contributed by atoms with Crippen molar-refractivity contribution in [1.29, 1.82) is 5.26 Å². The Bertz CT molecular complexity index is 905. The Morgan fingerprint density at radius 2 is 2.12 bits per heavy atom. The highest BCUT2D eigenvalue weighted by molar-refractivity contribution is 8.00. The van der Waals surface area contributed by atoms with Crippen molar-refractivity contribution < 1.29 is 4.39 Å². The lowest BCUT2D eigenvalue weighted by Gasteiger charge is -2.09. The van der Waals surface area contributed by atoms with E-state index in [1.165, 1.54) is 41.4 Å². The minimum atomic E-state index is -0.491. The number of benzene rings is 1.